The Bertz CT molecular complexity index is 393. The van der Waals surface area contributed by atoms with Crippen LogP contribution in [0.5, 0.6) is 0 Å². The molecule has 2 unspecified atom stereocenters. The van der Waals surface area contributed by atoms with Gasteiger partial charge in [0.15, 0.2) is 0 Å². The second-order valence-corrected chi connectivity index (χ2v) is 5.24. The number of aliphatic hydroxyl groups is 2. The Hall–Kier alpha value is -1.24. The van der Waals surface area contributed by atoms with Gasteiger partial charge in [-0.15, -0.1) is 0 Å². The molecule has 0 spiro atoms. The van der Waals surface area contributed by atoms with Crippen molar-refractivity contribution in [2.45, 2.75) is 12.7 Å². The van der Waals surface area contributed by atoms with Gasteiger partial charge in [-0.05, 0) is 5.56 Å². The lowest BCUT2D eigenvalue weighted by molar-refractivity contribution is -0.141. The van der Waals surface area contributed by atoms with E-state index in [-0.39, 0.29) is 18.1 Å². The molecule has 5 nitrogen and oxygen atoms in total. The van der Waals surface area contributed by atoms with Gasteiger partial charge in [-0.1, -0.05) is 30.3 Å². The van der Waals surface area contributed by atoms with Gasteiger partial charge in [0.1, 0.15) is 12.4 Å². The van der Waals surface area contributed by atoms with Gasteiger partial charge in [0.2, 0.25) is 0 Å². The van der Waals surface area contributed by atoms with Crippen molar-refractivity contribution in [3.05, 3.63) is 35.9 Å². The molecule has 1 aromatic rings. The Labute approximate surface area is 108 Å². The highest BCUT2D eigenvalue weighted by Gasteiger charge is 2.13. The number of ether oxygens (including phenoxy) is 1. The van der Waals surface area contributed by atoms with Gasteiger partial charge in [0, 0.05) is 10.8 Å². The van der Waals surface area contributed by atoms with Crippen LogP contribution in [0.3, 0.4) is 0 Å². The smallest absolute Gasteiger partial charge is 0.318 e. The number of aliphatic hydroxyl groups excluding tert-OH is 2. The van der Waals surface area contributed by atoms with Gasteiger partial charge >= 0.3 is 5.97 Å². The maximum atomic E-state index is 11.4. The summed E-state index contributed by atoms with van der Waals surface area (Å²) in [4.78, 5) is 11.3. The minimum absolute atomic E-state index is 0.128. The molecule has 1 rings (SSSR count). The van der Waals surface area contributed by atoms with Gasteiger partial charge < -0.3 is 14.9 Å². The number of carbonyl (C=O) groups is 1. The molecule has 18 heavy (non-hydrogen) atoms. The Kier molecular flexibility index (Phi) is 6.56. The van der Waals surface area contributed by atoms with E-state index in [1.807, 2.05) is 30.3 Å². The van der Waals surface area contributed by atoms with Crippen molar-refractivity contribution >= 4 is 16.8 Å². The number of rotatable bonds is 7. The first-order chi connectivity index (χ1) is 8.61. The topological polar surface area (TPSA) is 83.8 Å². The van der Waals surface area contributed by atoms with Crippen LogP contribution in [0, 0.1) is 0 Å². The maximum Gasteiger partial charge on any atom is 0.318 e. The second kappa shape index (κ2) is 7.97. The molecule has 0 amide bonds. The quantitative estimate of drug-likeness (QED) is 0.673. The highest BCUT2D eigenvalue weighted by molar-refractivity contribution is 7.85. The molecule has 0 saturated heterocycles. The summed E-state index contributed by atoms with van der Waals surface area (Å²) in [7, 11) is -1.52. The number of esters is 1. The highest BCUT2D eigenvalue weighted by Crippen LogP contribution is 2.01. The summed E-state index contributed by atoms with van der Waals surface area (Å²) < 4.78 is 16.3. The molecule has 2 atom stereocenters. The molecule has 1 aromatic carbocycles. The normalized spacial score (nSPS) is 13.9. The maximum absolute atomic E-state index is 11.4. The van der Waals surface area contributed by atoms with Crippen LogP contribution in [0.25, 0.3) is 0 Å². The fraction of sp³-hybridized carbons (Fsp3) is 0.417. The van der Waals surface area contributed by atoms with Gasteiger partial charge in [0.25, 0.3) is 0 Å². The molecule has 2 N–H and O–H groups in total. The zero-order valence-corrected chi connectivity index (χ0v) is 10.6. The average molecular weight is 272 g/mol. The van der Waals surface area contributed by atoms with E-state index in [0.29, 0.717) is 0 Å². The third kappa shape index (κ3) is 5.90. The first-order valence-electron chi connectivity index (χ1n) is 5.45. The Morgan fingerprint density at radius 2 is 2.00 bits per heavy atom. The summed E-state index contributed by atoms with van der Waals surface area (Å²) in [5.74, 6) is -0.983. The molecule has 0 aliphatic rings. The molecule has 0 fully saturated rings. The minimum Gasteiger partial charge on any atom is -0.460 e. The molecule has 6 heteroatoms. The summed E-state index contributed by atoms with van der Waals surface area (Å²) in [6, 6.07) is 9.16. The van der Waals surface area contributed by atoms with Crippen LogP contribution in [0.4, 0.5) is 0 Å². The van der Waals surface area contributed by atoms with Crippen LogP contribution < -0.4 is 0 Å². The van der Waals surface area contributed by atoms with E-state index < -0.39 is 29.5 Å². The standard InChI is InChI=1S/C12H16O5S/c13-6-11(14)8-18(16)9-12(15)17-7-10-4-2-1-3-5-10/h1-5,11,13-14H,6-9H2. The molecular weight excluding hydrogens is 256 g/mol. The molecule has 100 valence electrons. The van der Waals surface area contributed by atoms with Gasteiger partial charge in [-0.2, -0.15) is 0 Å². The van der Waals surface area contributed by atoms with Crippen molar-refractivity contribution in [3.8, 4) is 0 Å². The van der Waals surface area contributed by atoms with Crippen molar-refractivity contribution in [2.75, 3.05) is 18.1 Å². The zero-order chi connectivity index (χ0) is 13.4. The second-order valence-electron chi connectivity index (χ2n) is 3.73. The molecule has 0 aliphatic carbocycles. The monoisotopic (exact) mass is 272 g/mol. The average Bonchev–Trinajstić information content (AvgIpc) is 2.37. The van der Waals surface area contributed by atoms with E-state index in [2.05, 4.69) is 0 Å². The number of benzene rings is 1. The van der Waals surface area contributed by atoms with E-state index in [0.717, 1.165) is 5.56 Å². The van der Waals surface area contributed by atoms with Crippen molar-refractivity contribution in [2.24, 2.45) is 0 Å². The Morgan fingerprint density at radius 3 is 2.61 bits per heavy atom. The minimum atomic E-state index is -1.52. The van der Waals surface area contributed by atoms with E-state index in [1.165, 1.54) is 0 Å². The molecule has 0 heterocycles. The lowest BCUT2D eigenvalue weighted by Crippen LogP contribution is -2.25. The van der Waals surface area contributed by atoms with E-state index in [4.69, 9.17) is 14.9 Å². The predicted octanol–water partition coefficient (Wildman–Crippen LogP) is -0.168. The van der Waals surface area contributed by atoms with E-state index >= 15 is 0 Å². The molecule has 0 aliphatic heterocycles. The van der Waals surface area contributed by atoms with E-state index in [1.54, 1.807) is 0 Å². The first-order valence-corrected chi connectivity index (χ1v) is 6.94. The van der Waals surface area contributed by atoms with Crippen LogP contribution >= 0.6 is 0 Å². The zero-order valence-electron chi connectivity index (χ0n) is 9.82. The van der Waals surface area contributed by atoms with Crippen molar-refractivity contribution in [3.63, 3.8) is 0 Å². The lowest BCUT2D eigenvalue weighted by Gasteiger charge is -2.07. The molecule has 0 bridgehead atoms. The van der Waals surface area contributed by atoms with Crippen LogP contribution in [-0.4, -0.2) is 44.6 Å². The Morgan fingerprint density at radius 1 is 1.33 bits per heavy atom. The predicted molar refractivity (Wildman–Crippen MR) is 67.2 cm³/mol. The third-order valence-corrected chi connectivity index (χ3v) is 3.42. The fourth-order valence-corrected chi connectivity index (χ4v) is 2.24. The molecular formula is C12H16O5S. The molecule has 0 radical (unpaired) electrons. The van der Waals surface area contributed by atoms with Gasteiger partial charge in [0.05, 0.1) is 18.5 Å². The first kappa shape index (κ1) is 14.8. The van der Waals surface area contributed by atoms with Crippen LogP contribution in [0.2, 0.25) is 0 Å². The van der Waals surface area contributed by atoms with Crippen LogP contribution in [0.15, 0.2) is 30.3 Å². The van der Waals surface area contributed by atoms with Crippen molar-refractivity contribution < 1.29 is 24.0 Å². The van der Waals surface area contributed by atoms with Gasteiger partial charge in [-0.25, -0.2) is 0 Å². The van der Waals surface area contributed by atoms with Crippen molar-refractivity contribution in [1.29, 1.82) is 0 Å². The highest BCUT2D eigenvalue weighted by atomic mass is 32.2. The number of hydrogen-bond acceptors (Lipinski definition) is 5. The van der Waals surface area contributed by atoms with Crippen molar-refractivity contribution in [1.82, 2.24) is 0 Å². The summed E-state index contributed by atoms with van der Waals surface area (Å²) >= 11 is 0. The lowest BCUT2D eigenvalue weighted by atomic mass is 10.2. The number of hydrogen-bond donors (Lipinski definition) is 2. The summed E-state index contributed by atoms with van der Waals surface area (Å²) in [6.45, 7) is -0.329. The molecule has 0 aromatic heterocycles. The molecule has 0 saturated carbocycles. The van der Waals surface area contributed by atoms with E-state index in [9.17, 15) is 9.00 Å². The summed E-state index contributed by atoms with van der Waals surface area (Å²) in [6.07, 6.45) is -1.06. The van der Waals surface area contributed by atoms with Crippen LogP contribution in [0.1, 0.15) is 5.56 Å². The third-order valence-electron chi connectivity index (χ3n) is 2.11. The SMILES string of the molecule is O=C(CS(=O)CC(O)CO)OCc1ccccc1. The fourth-order valence-electron chi connectivity index (χ4n) is 1.24. The summed E-state index contributed by atoms with van der Waals surface area (Å²) in [5, 5.41) is 17.6. The Balaban J connectivity index is 2.27. The van der Waals surface area contributed by atoms with Crippen LogP contribution in [-0.2, 0) is 26.9 Å². The largest absolute Gasteiger partial charge is 0.460 e. The van der Waals surface area contributed by atoms with Gasteiger partial charge in [-0.3, -0.25) is 9.00 Å². The summed E-state index contributed by atoms with van der Waals surface area (Å²) in [5.41, 5.74) is 0.854. The number of carbonyl (C=O) groups excluding carboxylic acids is 1.